The zero-order valence-corrected chi connectivity index (χ0v) is 19.2. The van der Waals surface area contributed by atoms with E-state index < -0.39 is 0 Å². The number of hydrogen-bond acceptors (Lipinski definition) is 4. The fourth-order valence-corrected chi connectivity index (χ4v) is 5.37. The van der Waals surface area contributed by atoms with Gasteiger partial charge in [0.2, 0.25) is 5.91 Å². The number of ether oxygens (including phenoxy) is 1. The van der Waals surface area contributed by atoms with Crippen molar-refractivity contribution < 1.29 is 13.9 Å². The van der Waals surface area contributed by atoms with E-state index in [0.717, 1.165) is 69.5 Å². The number of halogens is 1. The minimum Gasteiger partial charge on any atom is -0.368 e. The van der Waals surface area contributed by atoms with Crippen molar-refractivity contribution in [1.82, 2.24) is 15.1 Å². The van der Waals surface area contributed by atoms with E-state index in [2.05, 4.69) is 33.3 Å². The van der Waals surface area contributed by atoms with Gasteiger partial charge in [-0.3, -0.25) is 14.6 Å². The van der Waals surface area contributed by atoms with Crippen molar-refractivity contribution in [3.8, 4) is 11.1 Å². The molecule has 2 aromatic rings. The van der Waals surface area contributed by atoms with Crippen molar-refractivity contribution in [2.24, 2.45) is 0 Å². The monoisotopic (exact) mass is 451 g/mol. The number of likely N-dealkylation sites (tertiary alicyclic amines) is 2. The van der Waals surface area contributed by atoms with Gasteiger partial charge in [-0.05, 0) is 73.9 Å². The first-order valence-corrected chi connectivity index (χ1v) is 12.4. The molecule has 0 bridgehead atoms. The van der Waals surface area contributed by atoms with Gasteiger partial charge in [0.25, 0.3) is 0 Å². The van der Waals surface area contributed by atoms with E-state index in [9.17, 15) is 9.18 Å². The van der Waals surface area contributed by atoms with E-state index in [1.165, 1.54) is 18.1 Å². The predicted molar refractivity (Wildman–Crippen MR) is 127 cm³/mol. The first-order valence-electron chi connectivity index (χ1n) is 12.4. The number of carbonyl (C=O) groups excluding carboxylic acids is 1. The number of amides is 1. The van der Waals surface area contributed by atoms with Gasteiger partial charge in [-0.1, -0.05) is 36.4 Å². The summed E-state index contributed by atoms with van der Waals surface area (Å²) in [5.74, 6) is -0.176. The summed E-state index contributed by atoms with van der Waals surface area (Å²) < 4.78 is 19.4. The number of carbonyl (C=O) groups is 1. The van der Waals surface area contributed by atoms with Crippen LogP contribution in [0.15, 0.2) is 48.5 Å². The number of rotatable bonds is 7. The van der Waals surface area contributed by atoms with E-state index in [1.54, 1.807) is 12.1 Å². The Morgan fingerprint density at radius 3 is 2.55 bits per heavy atom. The lowest BCUT2D eigenvalue weighted by atomic mass is 9.89. The predicted octanol–water partition coefficient (Wildman–Crippen LogP) is 3.83. The van der Waals surface area contributed by atoms with Crippen molar-refractivity contribution in [1.29, 1.82) is 0 Å². The molecule has 2 aromatic carbocycles. The number of piperidine rings is 1. The van der Waals surface area contributed by atoms with Crippen molar-refractivity contribution in [3.05, 3.63) is 59.9 Å². The number of nitrogens with zero attached hydrogens (tertiary/aromatic N) is 2. The average molecular weight is 452 g/mol. The van der Waals surface area contributed by atoms with Crippen molar-refractivity contribution in [2.45, 2.75) is 56.7 Å². The Bertz CT molecular complexity index is 958. The summed E-state index contributed by atoms with van der Waals surface area (Å²) in [6, 6.07) is 15.5. The largest absolute Gasteiger partial charge is 0.368 e. The molecule has 6 heteroatoms. The van der Waals surface area contributed by atoms with Gasteiger partial charge in [-0.15, -0.1) is 0 Å². The topological polar surface area (TPSA) is 44.8 Å². The lowest BCUT2D eigenvalue weighted by molar-refractivity contribution is -0.131. The zero-order chi connectivity index (χ0) is 22.6. The first-order chi connectivity index (χ1) is 16.2. The molecule has 0 radical (unpaired) electrons. The maximum Gasteiger partial charge on any atom is 0.249 e. The Morgan fingerprint density at radius 1 is 1.00 bits per heavy atom. The summed E-state index contributed by atoms with van der Waals surface area (Å²) in [7, 11) is 0. The van der Waals surface area contributed by atoms with Crippen LogP contribution >= 0.6 is 0 Å². The van der Waals surface area contributed by atoms with E-state index in [4.69, 9.17) is 4.74 Å². The van der Waals surface area contributed by atoms with Crippen LogP contribution in [0.25, 0.3) is 11.1 Å². The highest BCUT2D eigenvalue weighted by Gasteiger charge is 2.36. The normalized spacial score (nSPS) is 26.2. The van der Waals surface area contributed by atoms with Crippen LogP contribution < -0.4 is 5.32 Å². The maximum atomic E-state index is 13.8. The highest BCUT2D eigenvalue weighted by molar-refractivity contribution is 5.81. The van der Waals surface area contributed by atoms with E-state index in [0.29, 0.717) is 6.61 Å². The van der Waals surface area contributed by atoms with Crippen LogP contribution in [-0.2, 0) is 16.0 Å². The quantitative estimate of drug-likeness (QED) is 0.695. The highest BCUT2D eigenvalue weighted by atomic mass is 19.1. The molecule has 1 N–H and O–H groups in total. The molecule has 0 unspecified atom stereocenters. The fourth-order valence-electron chi connectivity index (χ4n) is 5.37. The summed E-state index contributed by atoms with van der Waals surface area (Å²) in [5, 5.41) is 3.35. The average Bonchev–Trinajstić information content (AvgIpc) is 3.33. The van der Waals surface area contributed by atoms with E-state index >= 15 is 0 Å². The molecular formula is C27H34FN3O2. The Labute approximate surface area is 195 Å². The molecule has 3 aliphatic rings. The third-order valence-electron chi connectivity index (χ3n) is 7.30. The molecule has 33 heavy (non-hydrogen) atoms. The molecular weight excluding hydrogens is 417 g/mol. The van der Waals surface area contributed by atoms with Gasteiger partial charge in [0.05, 0.1) is 6.67 Å². The summed E-state index contributed by atoms with van der Waals surface area (Å²) in [4.78, 5) is 17.9. The van der Waals surface area contributed by atoms with Crippen LogP contribution in [0.5, 0.6) is 0 Å². The van der Waals surface area contributed by atoms with Crippen molar-refractivity contribution in [2.75, 3.05) is 32.9 Å². The second-order valence-electron chi connectivity index (χ2n) is 9.67. The van der Waals surface area contributed by atoms with Gasteiger partial charge >= 0.3 is 0 Å². The Balaban J connectivity index is 1.35. The molecule has 3 atom stereocenters. The molecule has 3 aliphatic heterocycles. The summed E-state index contributed by atoms with van der Waals surface area (Å²) in [5.41, 5.74) is 3.13. The molecule has 3 heterocycles. The fraction of sp³-hybridized carbons (Fsp3) is 0.519. The van der Waals surface area contributed by atoms with Crippen LogP contribution in [0.1, 0.15) is 37.7 Å². The minimum absolute atomic E-state index is 0.0433. The van der Waals surface area contributed by atoms with Gasteiger partial charge in [0.1, 0.15) is 11.9 Å². The molecule has 1 amide bonds. The van der Waals surface area contributed by atoms with Gasteiger partial charge in [0, 0.05) is 31.8 Å². The van der Waals surface area contributed by atoms with Crippen LogP contribution in [0.4, 0.5) is 4.39 Å². The molecule has 0 spiro atoms. The van der Waals surface area contributed by atoms with Crippen LogP contribution in [-0.4, -0.2) is 66.8 Å². The van der Waals surface area contributed by atoms with Gasteiger partial charge in [0.15, 0.2) is 0 Å². The van der Waals surface area contributed by atoms with Gasteiger partial charge in [-0.2, -0.15) is 0 Å². The highest BCUT2D eigenvalue weighted by Crippen LogP contribution is 2.27. The van der Waals surface area contributed by atoms with E-state index in [1.807, 2.05) is 12.1 Å². The minimum atomic E-state index is -0.298. The van der Waals surface area contributed by atoms with E-state index in [-0.39, 0.29) is 29.9 Å². The lowest BCUT2D eigenvalue weighted by Crippen LogP contribution is -2.60. The van der Waals surface area contributed by atoms with Gasteiger partial charge in [-0.25, -0.2) is 4.39 Å². The molecule has 5 rings (SSSR count). The Morgan fingerprint density at radius 2 is 1.82 bits per heavy atom. The first kappa shape index (κ1) is 22.5. The molecule has 0 aromatic heterocycles. The SMILES string of the molecule is O=C(N[C@H]1CCCN(CN2CCC2)[C@H]1Cc1cccc(-c2cccc(F)c2)c1)[C@@H]1CCCO1. The zero-order valence-electron chi connectivity index (χ0n) is 19.2. The Kier molecular flexibility index (Phi) is 7.04. The summed E-state index contributed by atoms with van der Waals surface area (Å²) in [6.45, 7) is 5.01. The standard InChI is InChI=1S/C27H34FN3O2/c28-23-9-2-8-22(18-23)21-7-1-6-20(16-21)17-25-24(29-27(32)26-11-4-15-33-26)10-3-14-31(25)19-30-12-5-13-30/h1-2,6-9,16,18,24-26H,3-5,10-15,17,19H2,(H,29,32)/t24-,25-,26-/m0/s1. The summed E-state index contributed by atoms with van der Waals surface area (Å²) in [6.07, 6.45) is 5.68. The van der Waals surface area contributed by atoms with Gasteiger partial charge < -0.3 is 10.1 Å². The van der Waals surface area contributed by atoms with Crippen LogP contribution in [0.2, 0.25) is 0 Å². The molecule has 0 saturated carbocycles. The van der Waals surface area contributed by atoms with Crippen LogP contribution in [0.3, 0.4) is 0 Å². The molecule has 3 saturated heterocycles. The molecule has 176 valence electrons. The van der Waals surface area contributed by atoms with Crippen LogP contribution in [0, 0.1) is 5.82 Å². The smallest absolute Gasteiger partial charge is 0.249 e. The molecule has 0 aliphatic carbocycles. The maximum absolute atomic E-state index is 13.8. The third-order valence-corrected chi connectivity index (χ3v) is 7.30. The third kappa shape index (κ3) is 5.45. The van der Waals surface area contributed by atoms with Crippen molar-refractivity contribution >= 4 is 5.91 Å². The second kappa shape index (κ2) is 10.3. The number of hydrogen-bond donors (Lipinski definition) is 1. The lowest BCUT2D eigenvalue weighted by Gasteiger charge is -2.45. The number of nitrogens with one attached hydrogen (secondary N) is 1. The second-order valence-corrected chi connectivity index (χ2v) is 9.67. The Hall–Kier alpha value is -2.28. The molecule has 3 fully saturated rings. The number of benzene rings is 2. The molecule has 5 nitrogen and oxygen atoms in total. The van der Waals surface area contributed by atoms with Crippen molar-refractivity contribution in [3.63, 3.8) is 0 Å². The summed E-state index contributed by atoms with van der Waals surface area (Å²) >= 11 is 0.